The summed E-state index contributed by atoms with van der Waals surface area (Å²) in [5.74, 6) is -0.575. The second-order valence-electron chi connectivity index (χ2n) is 5.75. The summed E-state index contributed by atoms with van der Waals surface area (Å²) in [6.45, 7) is 1.11. The number of hydrogen-bond donors (Lipinski definition) is 2. The first-order chi connectivity index (χ1) is 11.8. The molecule has 1 aliphatic rings. The maximum Gasteiger partial charge on any atom is 0.573 e. The van der Waals surface area contributed by atoms with Crippen molar-refractivity contribution in [3.8, 4) is 5.75 Å². The first-order valence-electron chi connectivity index (χ1n) is 7.57. The van der Waals surface area contributed by atoms with Gasteiger partial charge in [-0.1, -0.05) is 11.3 Å². The molecule has 0 spiro atoms. The molecule has 11 heteroatoms. The number of alkyl halides is 3. The Morgan fingerprint density at radius 3 is 2.69 bits per heavy atom. The Kier molecular flexibility index (Phi) is 6.33. The molecule has 2 aromatic rings. The molecule has 3 N–H and O–H groups in total. The molecule has 0 radical (unpaired) electrons. The molecule has 1 aliphatic heterocycles. The smallest absolute Gasteiger partial charge is 0.406 e. The molecule has 1 fully saturated rings. The highest BCUT2D eigenvalue weighted by Crippen LogP contribution is 2.34. The van der Waals surface area contributed by atoms with E-state index in [1.54, 1.807) is 0 Å². The number of ether oxygens (including phenoxy) is 2. The number of rotatable bonds is 4. The summed E-state index contributed by atoms with van der Waals surface area (Å²) in [4.78, 5) is 16.8. The quantitative estimate of drug-likeness (QED) is 0.806. The van der Waals surface area contributed by atoms with Gasteiger partial charge < -0.3 is 20.5 Å². The van der Waals surface area contributed by atoms with Gasteiger partial charge in [0.2, 0.25) is 5.91 Å². The number of hydrogen-bond acceptors (Lipinski definition) is 6. The summed E-state index contributed by atoms with van der Waals surface area (Å²) in [5, 5.41) is 3.04. The van der Waals surface area contributed by atoms with Gasteiger partial charge in [-0.15, -0.1) is 25.6 Å². The third kappa shape index (κ3) is 4.56. The predicted octanol–water partition coefficient (Wildman–Crippen LogP) is 3.31. The number of nitrogens with zero attached hydrogens (tertiary/aromatic N) is 1. The number of carbonyl (C=O) groups excluding carboxylic acids is 1. The van der Waals surface area contributed by atoms with Gasteiger partial charge in [-0.05, 0) is 25.0 Å². The van der Waals surface area contributed by atoms with Crippen LogP contribution in [0.2, 0.25) is 0 Å². The van der Waals surface area contributed by atoms with Gasteiger partial charge in [0.05, 0.1) is 15.6 Å². The highest BCUT2D eigenvalue weighted by atomic mass is 35.5. The molecule has 2 heterocycles. The lowest BCUT2D eigenvalue weighted by Crippen LogP contribution is -2.46. The number of benzene rings is 1. The van der Waals surface area contributed by atoms with Gasteiger partial charge in [0.1, 0.15) is 5.75 Å². The fraction of sp³-hybridized carbons (Fsp3) is 0.467. The van der Waals surface area contributed by atoms with E-state index in [0.717, 1.165) is 11.3 Å². The van der Waals surface area contributed by atoms with E-state index in [0.29, 0.717) is 41.4 Å². The molecule has 144 valence electrons. The summed E-state index contributed by atoms with van der Waals surface area (Å²) in [7, 11) is 0. The molecule has 1 aromatic carbocycles. The molecule has 26 heavy (non-hydrogen) atoms. The molecule has 0 bridgehead atoms. The topological polar surface area (TPSA) is 86.5 Å². The van der Waals surface area contributed by atoms with Crippen LogP contribution in [0.1, 0.15) is 12.8 Å². The van der Waals surface area contributed by atoms with Gasteiger partial charge in [-0.2, -0.15) is 0 Å². The second kappa shape index (κ2) is 7.95. The highest BCUT2D eigenvalue weighted by molar-refractivity contribution is 7.22. The minimum Gasteiger partial charge on any atom is -0.406 e. The third-order valence-corrected chi connectivity index (χ3v) is 5.07. The highest BCUT2D eigenvalue weighted by Gasteiger charge is 2.39. The first-order valence-corrected chi connectivity index (χ1v) is 8.39. The molecule has 1 aromatic heterocycles. The van der Waals surface area contributed by atoms with E-state index in [2.05, 4.69) is 15.0 Å². The monoisotopic (exact) mass is 411 g/mol. The van der Waals surface area contributed by atoms with Crippen LogP contribution in [0.3, 0.4) is 0 Å². The van der Waals surface area contributed by atoms with Crippen LogP contribution in [0.15, 0.2) is 18.2 Å². The van der Waals surface area contributed by atoms with Crippen molar-refractivity contribution in [1.29, 1.82) is 0 Å². The maximum atomic E-state index is 12.6. The number of aromatic nitrogens is 1. The van der Waals surface area contributed by atoms with Crippen molar-refractivity contribution < 1.29 is 27.4 Å². The van der Waals surface area contributed by atoms with Gasteiger partial charge in [0.25, 0.3) is 0 Å². The van der Waals surface area contributed by atoms with Crippen molar-refractivity contribution in [1.82, 2.24) is 4.98 Å². The standard InChI is InChI=1S/C15H16F3N3O3S.ClH/c16-15(17,18)24-9-1-2-10-11(7-9)25-13(20-10)21-12(22)14(8-19)3-5-23-6-4-14;/h1-2,7H,3-6,8,19H2,(H,20,21,22);1H. The Balaban J connectivity index is 0.00000243. The number of carbonyl (C=O) groups is 1. The maximum absolute atomic E-state index is 12.6. The van der Waals surface area contributed by atoms with Crippen LogP contribution < -0.4 is 15.8 Å². The molecule has 0 atom stereocenters. The van der Waals surface area contributed by atoms with Crippen LogP contribution in [0.4, 0.5) is 18.3 Å². The average Bonchev–Trinajstić information content (AvgIpc) is 2.95. The van der Waals surface area contributed by atoms with E-state index in [-0.39, 0.29) is 30.6 Å². The fourth-order valence-corrected chi connectivity index (χ4v) is 3.56. The molecule has 3 rings (SSSR count). The first kappa shape index (κ1) is 20.7. The zero-order chi connectivity index (χ0) is 18.1. The fourth-order valence-electron chi connectivity index (χ4n) is 2.67. The van der Waals surface area contributed by atoms with Crippen molar-refractivity contribution in [2.24, 2.45) is 11.1 Å². The number of nitrogens with two attached hydrogens (primary N) is 1. The van der Waals surface area contributed by atoms with E-state index >= 15 is 0 Å². The summed E-state index contributed by atoms with van der Waals surface area (Å²) < 4.78 is 46.5. The largest absolute Gasteiger partial charge is 0.573 e. The van der Waals surface area contributed by atoms with Crippen molar-refractivity contribution in [3.05, 3.63) is 18.2 Å². The number of anilines is 1. The zero-order valence-corrected chi connectivity index (χ0v) is 15.1. The summed E-state index contributed by atoms with van der Waals surface area (Å²) >= 11 is 1.08. The molecule has 0 unspecified atom stereocenters. The number of halogens is 4. The minimum atomic E-state index is -4.76. The van der Waals surface area contributed by atoms with Gasteiger partial charge in [-0.25, -0.2) is 4.98 Å². The van der Waals surface area contributed by atoms with Crippen LogP contribution in [0, 0.1) is 5.41 Å². The summed E-state index contributed by atoms with van der Waals surface area (Å²) in [5.41, 5.74) is 5.56. The molecule has 0 aliphatic carbocycles. The average molecular weight is 412 g/mol. The van der Waals surface area contributed by atoms with E-state index in [4.69, 9.17) is 10.5 Å². The van der Waals surface area contributed by atoms with E-state index in [1.165, 1.54) is 18.2 Å². The number of amides is 1. The SMILES string of the molecule is Cl.NCC1(C(=O)Nc2nc3ccc(OC(F)(F)F)cc3s2)CCOCC1. The van der Waals surface area contributed by atoms with Crippen molar-refractivity contribution in [3.63, 3.8) is 0 Å². The molecular formula is C15H17ClF3N3O3S. The Bertz CT molecular complexity index is 778. The predicted molar refractivity (Wildman–Crippen MR) is 93.7 cm³/mol. The van der Waals surface area contributed by atoms with Gasteiger partial charge in [0, 0.05) is 25.8 Å². The third-order valence-electron chi connectivity index (χ3n) is 4.14. The van der Waals surface area contributed by atoms with Crippen molar-refractivity contribution in [2.75, 3.05) is 25.1 Å². The minimum absolute atomic E-state index is 0. The van der Waals surface area contributed by atoms with Crippen molar-refractivity contribution >= 4 is 45.0 Å². The molecule has 6 nitrogen and oxygen atoms in total. The van der Waals surface area contributed by atoms with Crippen molar-refractivity contribution in [2.45, 2.75) is 19.2 Å². The van der Waals surface area contributed by atoms with Crippen LogP contribution in [0.5, 0.6) is 5.75 Å². The molecule has 1 saturated heterocycles. The van der Waals surface area contributed by atoms with Crippen LogP contribution in [-0.4, -0.2) is 37.0 Å². The van der Waals surface area contributed by atoms with Crippen LogP contribution >= 0.6 is 23.7 Å². The zero-order valence-electron chi connectivity index (χ0n) is 13.5. The second-order valence-corrected chi connectivity index (χ2v) is 6.78. The van der Waals surface area contributed by atoms with Crippen LogP contribution in [0.25, 0.3) is 10.2 Å². The number of nitrogens with one attached hydrogen (secondary N) is 1. The number of thiazole rings is 1. The molecule has 0 saturated carbocycles. The number of fused-ring (bicyclic) bond motifs is 1. The van der Waals surface area contributed by atoms with E-state index in [9.17, 15) is 18.0 Å². The van der Waals surface area contributed by atoms with Gasteiger partial charge >= 0.3 is 6.36 Å². The van der Waals surface area contributed by atoms with Gasteiger partial charge in [-0.3, -0.25) is 4.79 Å². The molecular weight excluding hydrogens is 395 g/mol. The summed E-state index contributed by atoms with van der Waals surface area (Å²) in [6.07, 6.45) is -3.72. The lowest BCUT2D eigenvalue weighted by molar-refractivity contribution is -0.274. The Morgan fingerprint density at radius 1 is 1.38 bits per heavy atom. The van der Waals surface area contributed by atoms with Crippen LogP contribution in [-0.2, 0) is 9.53 Å². The summed E-state index contributed by atoms with van der Waals surface area (Å²) in [6, 6.07) is 3.83. The lowest BCUT2D eigenvalue weighted by atomic mass is 9.79. The van der Waals surface area contributed by atoms with E-state index < -0.39 is 11.8 Å². The Hall–Kier alpha value is -1.62. The molecule has 1 amide bonds. The Morgan fingerprint density at radius 2 is 2.08 bits per heavy atom. The lowest BCUT2D eigenvalue weighted by Gasteiger charge is -2.34. The Labute approximate surface area is 157 Å². The van der Waals surface area contributed by atoms with Gasteiger partial charge in [0.15, 0.2) is 5.13 Å². The normalized spacial score (nSPS) is 16.8. The van der Waals surface area contributed by atoms with E-state index in [1.807, 2.05) is 0 Å².